The van der Waals surface area contributed by atoms with E-state index in [1.807, 2.05) is 32.1 Å². The summed E-state index contributed by atoms with van der Waals surface area (Å²) < 4.78 is 39.0. The zero-order valence-electron chi connectivity index (χ0n) is 20.1. The van der Waals surface area contributed by atoms with Gasteiger partial charge in [-0.15, -0.1) is 11.5 Å². The molecule has 197 valence electrons. The van der Waals surface area contributed by atoms with E-state index in [0.717, 1.165) is 0 Å². The molecule has 0 spiro atoms. The molecule has 4 rings (SSSR count). The van der Waals surface area contributed by atoms with Crippen molar-refractivity contribution in [2.24, 2.45) is 0 Å². The van der Waals surface area contributed by atoms with Gasteiger partial charge < -0.3 is 22.4 Å². The standard InChI is InChI=1S/C18H15P.C5H5.C4H8O.BF4.NO.Re/c1-4-10-16(11-5-1)19(17-12-6-2-7-13-17)18-14-8-3-9-15-18;1-2-4-5-3-1;1-3-4(2)5;2-1(3,4)5;1-2;/h1-15H;1-5H;3-5H,1H2,2H3;;;/q;;;-1;;. The van der Waals surface area contributed by atoms with Crippen LogP contribution in [0.5, 0.6) is 0 Å². The molecule has 3 aromatic rings. The second kappa shape index (κ2) is 23.0. The van der Waals surface area contributed by atoms with Crippen molar-refractivity contribution < 1.29 is 42.8 Å². The number of hydrogen-bond donors (Lipinski definition) is 1. The fourth-order valence-corrected chi connectivity index (χ4v) is 4.80. The van der Waals surface area contributed by atoms with Crippen LogP contribution in [0, 0.1) is 37.0 Å². The van der Waals surface area contributed by atoms with Crippen molar-refractivity contribution in [3.8, 4) is 0 Å². The van der Waals surface area contributed by atoms with E-state index in [1.54, 1.807) is 6.92 Å². The Hall–Kier alpha value is -2.16. The van der Waals surface area contributed by atoms with Crippen LogP contribution in [0.15, 0.2) is 104 Å². The van der Waals surface area contributed by atoms with Crippen LogP contribution < -0.4 is 21.5 Å². The first-order chi connectivity index (χ1) is 17.2. The fraction of sp³-hybridized carbons (Fsp3) is 0.0741. The molecular weight excluding hydrogens is 674 g/mol. The van der Waals surface area contributed by atoms with Gasteiger partial charge in [-0.3, -0.25) is 0 Å². The van der Waals surface area contributed by atoms with E-state index < -0.39 is 15.2 Å². The zero-order valence-corrected chi connectivity index (χ0v) is 23.7. The normalized spacial score (nSPS) is 12.3. The number of halogens is 4. The quantitative estimate of drug-likeness (QED) is 0.160. The molecule has 1 fully saturated rings. The number of rotatable bonds is 4. The topological polar surface area (TPSA) is 59.6 Å². The summed E-state index contributed by atoms with van der Waals surface area (Å²) in [5, 5.41) is 12.4. The summed E-state index contributed by atoms with van der Waals surface area (Å²) in [6.45, 7) is 4.97. The molecule has 1 atom stereocenters. The smallest absolute Gasteiger partial charge is 0.418 e. The molecule has 1 unspecified atom stereocenters. The van der Waals surface area contributed by atoms with Gasteiger partial charge in [0, 0.05) is 20.4 Å². The molecule has 1 N–H and O–H groups in total. The van der Waals surface area contributed by atoms with Crippen molar-refractivity contribution in [1.29, 1.82) is 0 Å². The average Bonchev–Trinajstić information content (AvgIpc) is 3.47. The van der Waals surface area contributed by atoms with E-state index in [1.165, 1.54) is 22.0 Å². The van der Waals surface area contributed by atoms with Crippen molar-refractivity contribution in [1.82, 2.24) is 5.59 Å². The molecule has 7 radical (unpaired) electrons. The van der Waals surface area contributed by atoms with Crippen molar-refractivity contribution in [2.45, 2.75) is 13.0 Å². The molecular formula is C27H28BF4NO2PRe-. The van der Waals surface area contributed by atoms with Gasteiger partial charge in [0.2, 0.25) is 0 Å². The Morgan fingerprint density at radius 2 is 0.892 bits per heavy atom. The Labute approximate surface area is 232 Å². The average molecular weight is 703 g/mol. The zero-order chi connectivity index (χ0) is 27.2. The van der Waals surface area contributed by atoms with E-state index in [0.29, 0.717) is 0 Å². The van der Waals surface area contributed by atoms with Gasteiger partial charge in [-0.2, -0.15) is 0 Å². The predicted octanol–water partition coefficient (Wildman–Crippen LogP) is 5.87. The van der Waals surface area contributed by atoms with E-state index in [9.17, 15) is 17.3 Å². The third kappa shape index (κ3) is 20.6. The van der Waals surface area contributed by atoms with Gasteiger partial charge in [-0.25, -0.2) is 0 Å². The summed E-state index contributed by atoms with van der Waals surface area (Å²) in [5.74, 6) is 0. The summed E-state index contributed by atoms with van der Waals surface area (Å²) in [4.78, 5) is 7.25. The molecule has 0 amide bonds. The summed E-state index contributed by atoms with van der Waals surface area (Å²) >= 11 is 0. The molecule has 1 saturated carbocycles. The van der Waals surface area contributed by atoms with E-state index in [4.69, 9.17) is 15.6 Å². The monoisotopic (exact) mass is 703 g/mol. The van der Waals surface area contributed by atoms with E-state index >= 15 is 0 Å². The minimum Gasteiger partial charge on any atom is -0.418 e. The number of aliphatic hydroxyl groups excluding tert-OH is 1. The summed E-state index contributed by atoms with van der Waals surface area (Å²) in [6.07, 6.45) is 11.1. The van der Waals surface area contributed by atoms with Crippen LogP contribution in [-0.4, -0.2) is 18.5 Å². The van der Waals surface area contributed by atoms with Crippen molar-refractivity contribution in [3.63, 3.8) is 0 Å². The first-order valence-corrected chi connectivity index (χ1v) is 12.0. The first kappa shape index (κ1) is 37.0. The van der Waals surface area contributed by atoms with Crippen LogP contribution in [0.3, 0.4) is 0 Å². The van der Waals surface area contributed by atoms with Gasteiger partial charge in [-0.05, 0) is 62.9 Å². The Morgan fingerprint density at radius 3 is 1.05 bits per heavy atom. The van der Waals surface area contributed by atoms with Crippen LogP contribution in [0.1, 0.15) is 6.92 Å². The number of hydrogen-bond acceptors (Lipinski definition) is 2. The van der Waals surface area contributed by atoms with Crippen molar-refractivity contribution >= 4 is 31.1 Å². The Bertz CT molecular complexity index is 812. The van der Waals surface area contributed by atoms with E-state index in [-0.39, 0.29) is 26.5 Å². The summed E-state index contributed by atoms with van der Waals surface area (Å²) in [6, 6.07) is 32.3. The maximum Gasteiger partial charge on any atom is 0.673 e. The molecule has 1 aliphatic rings. The van der Waals surface area contributed by atoms with Crippen molar-refractivity contribution in [2.75, 3.05) is 0 Å². The molecule has 0 aromatic heterocycles. The molecule has 3 aromatic carbocycles. The minimum absolute atomic E-state index is 0. The Kier molecular flexibility index (Phi) is 23.0. The molecule has 3 nitrogen and oxygen atoms in total. The number of nitrogens with zero attached hydrogens (tertiary/aromatic N) is 1. The molecule has 37 heavy (non-hydrogen) atoms. The van der Waals surface area contributed by atoms with Crippen LogP contribution in [0.2, 0.25) is 0 Å². The fourth-order valence-electron chi connectivity index (χ4n) is 2.50. The molecule has 0 aliphatic heterocycles. The Balaban J connectivity index is 0. The molecule has 0 heterocycles. The first-order valence-electron chi connectivity index (χ1n) is 10.7. The van der Waals surface area contributed by atoms with Gasteiger partial charge in [0.25, 0.3) is 0 Å². The largest absolute Gasteiger partial charge is 0.673 e. The van der Waals surface area contributed by atoms with Crippen LogP contribution in [-0.2, 0) is 20.4 Å². The molecule has 10 heteroatoms. The third-order valence-corrected chi connectivity index (χ3v) is 6.38. The number of nitroso groups, excluding NO2 is 1. The predicted molar refractivity (Wildman–Crippen MR) is 144 cm³/mol. The van der Waals surface area contributed by atoms with Gasteiger partial charge in [0.1, 0.15) is 5.59 Å². The SMILES string of the molecule is C=CC(C)O.F[B-](F)(F)F.[CH]1[CH][CH][CH][CH]1.[N]=O.[Re].c1ccc(P(c2ccccc2)c2ccccc2)cc1. The number of aliphatic hydroxyl groups is 1. The molecule has 0 saturated heterocycles. The third-order valence-electron chi connectivity index (χ3n) is 3.94. The molecule has 1 aliphatic carbocycles. The van der Waals surface area contributed by atoms with E-state index in [2.05, 4.69) is 97.6 Å². The van der Waals surface area contributed by atoms with Gasteiger partial charge in [0.05, 0.1) is 6.10 Å². The van der Waals surface area contributed by atoms with Gasteiger partial charge >= 0.3 is 7.25 Å². The maximum atomic E-state index is 9.75. The van der Waals surface area contributed by atoms with Crippen molar-refractivity contribution in [3.05, 3.63) is 141 Å². The second-order valence-corrected chi connectivity index (χ2v) is 9.00. The number of benzene rings is 3. The van der Waals surface area contributed by atoms with Crippen LogP contribution in [0.4, 0.5) is 17.3 Å². The summed E-state index contributed by atoms with van der Waals surface area (Å²) in [7, 11) is -6.45. The second-order valence-electron chi connectivity index (χ2n) is 6.78. The molecule has 0 bridgehead atoms. The van der Waals surface area contributed by atoms with Crippen LogP contribution in [0.25, 0.3) is 0 Å². The van der Waals surface area contributed by atoms with Gasteiger partial charge in [-0.1, -0.05) is 97.1 Å². The Morgan fingerprint density at radius 1 is 0.703 bits per heavy atom. The minimum atomic E-state index is -6.00. The summed E-state index contributed by atoms with van der Waals surface area (Å²) in [5.41, 5.74) is 5.75. The van der Waals surface area contributed by atoms with Gasteiger partial charge in [0.15, 0.2) is 0 Å². The maximum absolute atomic E-state index is 9.75. The van der Waals surface area contributed by atoms with Crippen LogP contribution >= 0.6 is 7.92 Å².